The fraction of sp³-hybridized carbons (Fsp3) is 0.350. The predicted molar refractivity (Wildman–Crippen MR) is 101 cm³/mol. The molecule has 0 atom stereocenters. The van der Waals surface area contributed by atoms with Gasteiger partial charge < -0.3 is 14.6 Å². The maximum atomic E-state index is 12.3. The zero-order valence-corrected chi connectivity index (χ0v) is 15.4. The number of aryl methyl sites for hydroxylation is 1. The van der Waals surface area contributed by atoms with Crippen LogP contribution in [0.4, 0.5) is 5.69 Å². The van der Waals surface area contributed by atoms with Crippen LogP contribution >= 0.6 is 0 Å². The van der Waals surface area contributed by atoms with Crippen molar-refractivity contribution in [1.29, 1.82) is 0 Å². The van der Waals surface area contributed by atoms with Gasteiger partial charge in [-0.2, -0.15) is 0 Å². The Morgan fingerprint density at radius 2 is 1.56 bits per heavy atom. The molecule has 1 amide bonds. The van der Waals surface area contributed by atoms with Crippen molar-refractivity contribution in [3.8, 4) is 0 Å². The van der Waals surface area contributed by atoms with Crippen LogP contribution in [-0.2, 0) is 9.31 Å². The van der Waals surface area contributed by atoms with E-state index in [1.807, 2.05) is 77.1 Å². The van der Waals surface area contributed by atoms with Crippen LogP contribution in [0.15, 0.2) is 48.5 Å². The van der Waals surface area contributed by atoms with Crippen LogP contribution in [0.3, 0.4) is 0 Å². The summed E-state index contributed by atoms with van der Waals surface area (Å²) in [5, 5.41) is 2.92. The Hall–Kier alpha value is -2.11. The monoisotopic (exact) mass is 337 g/mol. The van der Waals surface area contributed by atoms with Gasteiger partial charge in [-0.15, -0.1) is 0 Å². The maximum absolute atomic E-state index is 12.3. The normalized spacial score (nSPS) is 18.2. The third-order valence-electron chi connectivity index (χ3n) is 4.97. The molecule has 0 aliphatic carbocycles. The van der Waals surface area contributed by atoms with Gasteiger partial charge in [0.25, 0.3) is 5.91 Å². The van der Waals surface area contributed by atoms with E-state index in [1.54, 1.807) is 6.07 Å². The van der Waals surface area contributed by atoms with E-state index in [9.17, 15) is 4.79 Å². The molecule has 0 saturated carbocycles. The van der Waals surface area contributed by atoms with E-state index < -0.39 is 7.12 Å². The van der Waals surface area contributed by atoms with Gasteiger partial charge in [-0.1, -0.05) is 29.8 Å². The minimum atomic E-state index is -0.397. The number of carbonyl (C=O) groups is 1. The maximum Gasteiger partial charge on any atom is 0.494 e. The van der Waals surface area contributed by atoms with Gasteiger partial charge in [0, 0.05) is 11.3 Å². The van der Waals surface area contributed by atoms with Crippen LogP contribution < -0.4 is 10.8 Å². The standard InChI is InChI=1S/C20H24BNO3/c1-14-7-6-8-15(13-14)18(23)22-17-11-9-16(10-12-17)21-24-19(2,3)20(4,5)25-21/h6-13H,1-5H3,(H,22,23). The number of benzene rings is 2. The molecule has 5 heteroatoms. The SMILES string of the molecule is Cc1cccc(C(=O)Nc2ccc(B3OC(C)(C)C(C)(C)O3)cc2)c1. The number of anilines is 1. The van der Waals surface area contributed by atoms with E-state index in [-0.39, 0.29) is 17.1 Å². The molecule has 25 heavy (non-hydrogen) atoms. The third kappa shape index (κ3) is 3.62. The van der Waals surface area contributed by atoms with E-state index in [0.29, 0.717) is 5.56 Å². The molecule has 130 valence electrons. The van der Waals surface area contributed by atoms with Crippen LogP contribution in [-0.4, -0.2) is 24.2 Å². The molecule has 1 saturated heterocycles. The van der Waals surface area contributed by atoms with Gasteiger partial charge in [0.15, 0.2) is 0 Å². The van der Waals surface area contributed by atoms with Crippen molar-refractivity contribution in [1.82, 2.24) is 0 Å². The minimum absolute atomic E-state index is 0.118. The van der Waals surface area contributed by atoms with E-state index in [1.165, 1.54) is 0 Å². The molecule has 0 radical (unpaired) electrons. The Bertz CT molecular complexity index is 768. The van der Waals surface area contributed by atoms with E-state index in [2.05, 4.69) is 5.32 Å². The molecule has 0 bridgehead atoms. The number of nitrogens with one attached hydrogen (secondary N) is 1. The molecular weight excluding hydrogens is 313 g/mol. The molecule has 4 nitrogen and oxygen atoms in total. The highest BCUT2D eigenvalue weighted by atomic mass is 16.7. The summed E-state index contributed by atoms with van der Waals surface area (Å²) in [6.07, 6.45) is 0. The molecule has 2 aromatic carbocycles. The first-order valence-electron chi connectivity index (χ1n) is 8.52. The lowest BCUT2D eigenvalue weighted by molar-refractivity contribution is 0.00578. The van der Waals surface area contributed by atoms with Crippen molar-refractivity contribution in [2.24, 2.45) is 0 Å². The first kappa shape index (κ1) is 17.7. The summed E-state index contributed by atoms with van der Waals surface area (Å²) in [5.74, 6) is -0.118. The van der Waals surface area contributed by atoms with Gasteiger partial charge >= 0.3 is 7.12 Å². The van der Waals surface area contributed by atoms with Crippen LogP contribution in [0.25, 0.3) is 0 Å². The number of rotatable bonds is 3. The lowest BCUT2D eigenvalue weighted by Gasteiger charge is -2.32. The fourth-order valence-corrected chi connectivity index (χ4v) is 2.69. The molecular formula is C20H24BNO3. The smallest absolute Gasteiger partial charge is 0.399 e. The number of carbonyl (C=O) groups excluding carboxylic acids is 1. The van der Waals surface area contributed by atoms with Gasteiger partial charge in [0.05, 0.1) is 11.2 Å². The summed E-state index contributed by atoms with van der Waals surface area (Å²) < 4.78 is 12.1. The Kier molecular flexibility index (Phi) is 4.48. The lowest BCUT2D eigenvalue weighted by Crippen LogP contribution is -2.41. The Balaban J connectivity index is 1.70. The number of hydrogen-bond donors (Lipinski definition) is 1. The average molecular weight is 337 g/mol. The highest BCUT2D eigenvalue weighted by Gasteiger charge is 2.51. The minimum Gasteiger partial charge on any atom is -0.399 e. The summed E-state index contributed by atoms with van der Waals surface area (Å²) in [4.78, 5) is 12.3. The van der Waals surface area contributed by atoms with Crippen molar-refractivity contribution in [3.05, 3.63) is 59.7 Å². The highest BCUT2D eigenvalue weighted by Crippen LogP contribution is 2.36. The van der Waals surface area contributed by atoms with Gasteiger partial charge in [-0.3, -0.25) is 4.79 Å². The van der Waals surface area contributed by atoms with Crippen molar-refractivity contribution in [2.75, 3.05) is 5.32 Å². The zero-order valence-electron chi connectivity index (χ0n) is 15.4. The zero-order chi connectivity index (χ0) is 18.2. The van der Waals surface area contributed by atoms with Crippen molar-refractivity contribution >= 4 is 24.2 Å². The summed E-state index contributed by atoms with van der Waals surface area (Å²) in [6, 6.07) is 15.1. The third-order valence-corrected chi connectivity index (χ3v) is 4.97. The first-order valence-corrected chi connectivity index (χ1v) is 8.52. The topological polar surface area (TPSA) is 47.6 Å². The highest BCUT2D eigenvalue weighted by molar-refractivity contribution is 6.62. The van der Waals surface area contributed by atoms with Crippen LogP contribution in [0.1, 0.15) is 43.6 Å². The van der Waals surface area contributed by atoms with Gasteiger partial charge in [0.1, 0.15) is 0 Å². The van der Waals surface area contributed by atoms with Crippen molar-refractivity contribution in [3.63, 3.8) is 0 Å². The Morgan fingerprint density at radius 3 is 2.12 bits per heavy atom. The van der Waals surface area contributed by atoms with Crippen molar-refractivity contribution < 1.29 is 14.1 Å². The summed E-state index contributed by atoms with van der Waals surface area (Å²) in [5.41, 5.74) is 2.66. The van der Waals surface area contributed by atoms with Crippen molar-refractivity contribution in [2.45, 2.75) is 45.8 Å². The molecule has 1 aliphatic heterocycles. The van der Waals surface area contributed by atoms with Gasteiger partial charge in [-0.25, -0.2) is 0 Å². The average Bonchev–Trinajstić information content (AvgIpc) is 2.76. The second-order valence-corrected chi connectivity index (χ2v) is 7.53. The van der Waals surface area contributed by atoms with E-state index in [4.69, 9.17) is 9.31 Å². The molecule has 0 unspecified atom stereocenters. The largest absolute Gasteiger partial charge is 0.494 e. The molecule has 0 aromatic heterocycles. The fourth-order valence-electron chi connectivity index (χ4n) is 2.69. The molecule has 1 aliphatic rings. The second-order valence-electron chi connectivity index (χ2n) is 7.53. The molecule has 3 rings (SSSR count). The van der Waals surface area contributed by atoms with Crippen LogP contribution in [0.5, 0.6) is 0 Å². The van der Waals surface area contributed by atoms with E-state index >= 15 is 0 Å². The van der Waals surface area contributed by atoms with E-state index in [0.717, 1.165) is 16.7 Å². The molecule has 1 N–H and O–H groups in total. The quantitative estimate of drug-likeness (QED) is 0.872. The van der Waals surface area contributed by atoms with Gasteiger partial charge in [0.2, 0.25) is 0 Å². The molecule has 2 aromatic rings. The Labute approximate surface area is 149 Å². The summed E-state index contributed by atoms with van der Waals surface area (Å²) in [6.45, 7) is 10.1. The predicted octanol–water partition coefficient (Wildman–Crippen LogP) is 3.55. The molecule has 1 heterocycles. The van der Waals surface area contributed by atoms with Crippen LogP contribution in [0, 0.1) is 6.92 Å². The lowest BCUT2D eigenvalue weighted by atomic mass is 9.79. The van der Waals surface area contributed by atoms with Crippen LogP contribution in [0.2, 0.25) is 0 Å². The molecule has 0 spiro atoms. The second kappa shape index (κ2) is 6.32. The summed E-state index contributed by atoms with van der Waals surface area (Å²) in [7, 11) is -0.397. The number of hydrogen-bond acceptors (Lipinski definition) is 3. The first-order chi connectivity index (χ1) is 11.7. The summed E-state index contributed by atoms with van der Waals surface area (Å²) >= 11 is 0. The van der Waals surface area contributed by atoms with Gasteiger partial charge in [-0.05, 0) is 64.3 Å². The number of amides is 1. The molecule has 1 fully saturated rings. The Morgan fingerprint density at radius 1 is 0.960 bits per heavy atom.